The number of nitrogens with zero attached hydrogens (tertiary/aromatic N) is 2. The van der Waals surface area contributed by atoms with E-state index >= 15 is 0 Å². The summed E-state index contributed by atoms with van der Waals surface area (Å²) < 4.78 is 10.6. The number of methoxy groups -OCH3 is 1. The van der Waals surface area contributed by atoms with Crippen LogP contribution in [0.2, 0.25) is 0 Å². The summed E-state index contributed by atoms with van der Waals surface area (Å²) in [6, 6.07) is 10.2. The number of nitro groups is 1. The normalized spacial score (nSPS) is 18.5. The second kappa shape index (κ2) is 10.8. The summed E-state index contributed by atoms with van der Waals surface area (Å²) in [6.07, 6.45) is 0. The van der Waals surface area contributed by atoms with Crippen LogP contribution in [0, 0.1) is 10.1 Å². The lowest BCUT2D eigenvalue weighted by Gasteiger charge is -2.49. The van der Waals surface area contributed by atoms with E-state index in [4.69, 9.17) is 9.47 Å². The molecule has 1 unspecified atom stereocenters. The third kappa shape index (κ3) is 5.17. The molecule has 192 valence electrons. The zero-order chi connectivity index (χ0) is 26.7. The van der Waals surface area contributed by atoms with Crippen LogP contribution < -0.4 is 5.32 Å². The van der Waals surface area contributed by atoms with Gasteiger partial charge in [0.25, 0.3) is 17.5 Å². The molecule has 4 rings (SSSR count). The summed E-state index contributed by atoms with van der Waals surface area (Å²) in [7, 11) is 1.45. The smallest absolute Gasteiger partial charge is 0.355 e. The van der Waals surface area contributed by atoms with Crippen molar-refractivity contribution in [3.63, 3.8) is 0 Å². The predicted molar refractivity (Wildman–Crippen MR) is 130 cm³/mol. The average Bonchev–Trinajstić information content (AvgIpc) is 2.90. The highest BCUT2D eigenvalue weighted by Crippen LogP contribution is 2.41. The summed E-state index contributed by atoms with van der Waals surface area (Å²) in [4.78, 5) is 61.9. The third-order valence-electron chi connectivity index (χ3n) is 5.76. The number of carbonyl (C=O) groups excluding carboxylic acids is 3. The zero-order valence-corrected chi connectivity index (χ0v) is 20.2. The van der Waals surface area contributed by atoms with Crippen LogP contribution in [0.4, 0.5) is 5.69 Å². The van der Waals surface area contributed by atoms with Crippen molar-refractivity contribution >= 4 is 41.2 Å². The number of benzene rings is 2. The van der Waals surface area contributed by atoms with Crippen LogP contribution in [-0.2, 0) is 25.7 Å². The standard InChI is InChI=1S/C24H21N3O9S/c1-35-11-14-12-37-22-18(25-20(28)16-4-2-3-5-17(16)23(30)31)21(29)26(22)19(14)24(32)36-10-13-6-8-15(9-7-13)27(33)34/h2-9,18,22H,10-12H2,1H3,(H,25,28)(H,30,31)/t18?,22-/m1/s1. The highest BCUT2D eigenvalue weighted by molar-refractivity contribution is 8.00. The monoisotopic (exact) mass is 527 g/mol. The molecule has 0 aromatic heterocycles. The molecule has 0 aliphatic carbocycles. The molecule has 0 spiro atoms. The van der Waals surface area contributed by atoms with Crippen molar-refractivity contribution in [1.82, 2.24) is 10.2 Å². The zero-order valence-electron chi connectivity index (χ0n) is 19.4. The first kappa shape index (κ1) is 25.9. The fourth-order valence-electron chi connectivity index (χ4n) is 3.97. The third-order valence-corrected chi connectivity index (χ3v) is 7.10. The molecule has 0 bridgehead atoms. The molecule has 2 aromatic carbocycles. The molecule has 0 radical (unpaired) electrons. The first-order valence-corrected chi connectivity index (χ1v) is 12.0. The van der Waals surface area contributed by atoms with Crippen LogP contribution in [0.3, 0.4) is 0 Å². The van der Waals surface area contributed by atoms with Crippen LogP contribution in [0.5, 0.6) is 0 Å². The van der Waals surface area contributed by atoms with Crippen molar-refractivity contribution in [2.45, 2.75) is 18.0 Å². The minimum Gasteiger partial charge on any atom is -0.478 e. The summed E-state index contributed by atoms with van der Waals surface area (Å²) in [5.74, 6) is -2.98. The van der Waals surface area contributed by atoms with Crippen LogP contribution in [0.25, 0.3) is 0 Å². The number of carboxylic acids is 1. The molecular weight excluding hydrogens is 506 g/mol. The van der Waals surface area contributed by atoms with Gasteiger partial charge in [-0.25, -0.2) is 9.59 Å². The van der Waals surface area contributed by atoms with E-state index < -0.39 is 40.1 Å². The second-order valence-corrected chi connectivity index (χ2v) is 9.20. The van der Waals surface area contributed by atoms with Crippen molar-refractivity contribution in [3.05, 3.63) is 86.6 Å². The molecule has 12 nitrogen and oxygen atoms in total. The van der Waals surface area contributed by atoms with Gasteiger partial charge in [-0.05, 0) is 35.4 Å². The molecule has 2 aromatic rings. The number of β-lactam (4-membered cyclic amide) rings is 1. The summed E-state index contributed by atoms with van der Waals surface area (Å²) >= 11 is 1.33. The number of esters is 1. The molecule has 2 aliphatic rings. The highest BCUT2D eigenvalue weighted by atomic mass is 32.2. The number of thioether (sulfide) groups is 1. The van der Waals surface area contributed by atoms with Gasteiger partial charge in [-0.15, -0.1) is 11.8 Å². The maximum Gasteiger partial charge on any atom is 0.355 e. The number of fused-ring (bicyclic) bond motifs is 1. The van der Waals surface area contributed by atoms with Crippen molar-refractivity contribution in [2.75, 3.05) is 19.5 Å². The van der Waals surface area contributed by atoms with Gasteiger partial charge in [-0.2, -0.15) is 0 Å². The SMILES string of the molecule is COCC1=C(C(=O)OCc2ccc([N+](=O)[O-])cc2)N2C(=O)C(NC(=O)c3ccccc3C(=O)O)[C@H]2SC1. The van der Waals surface area contributed by atoms with Gasteiger partial charge in [0.1, 0.15) is 23.7 Å². The quantitative estimate of drug-likeness (QED) is 0.213. The summed E-state index contributed by atoms with van der Waals surface area (Å²) in [5, 5.41) is 22.1. The van der Waals surface area contributed by atoms with Gasteiger partial charge in [0.05, 0.1) is 22.7 Å². The molecule has 1 fully saturated rings. The first-order valence-electron chi connectivity index (χ1n) is 10.9. The molecular formula is C24H21N3O9S. The van der Waals surface area contributed by atoms with Crippen LogP contribution in [-0.4, -0.2) is 69.6 Å². The van der Waals surface area contributed by atoms with E-state index in [-0.39, 0.29) is 35.7 Å². The number of aromatic carboxylic acids is 1. The van der Waals surface area contributed by atoms with E-state index in [1.54, 1.807) is 0 Å². The Kier molecular flexibility index (Phi) is 7.55. The number of nitrogens with one attached hydrogen (secondary N) is 1. The van der Waals surface area contributed by atoms with Gasteiger partial charge in [-0.1, -0.05) is 12.1 Å². The lowest BCUT2D eigenvalue weighted by atomic mass is 10.0. The van der Waals surface area contributed by atoms with Gasteiger partial charge in [0.15, 0.2) is 0 Å². The molecule has 13 heteroatoms. The van der Waals surface area contributed by atoms with Gasteiger partial charge in [-0.3, -0.25) is 24.6 Å². The molecule has 0 saturated carbocycles. The lowest BCUT2D eigenvalue weighted by Crippen LogP contribution is -2.70. The lowest BCUT2D eigenvalue weighted by molar-refractivity contribution is -0.384. The summed E-state index contributed by atoms with van der Waals surface area (Å²) in [6.45, 7) is -0.0962. The number of rotatable bonds is 9. The molecule has 2 aliphatic heterocycles. The number of hydrogen-bond acceptors (Lipinski definition) is 9. The Morgan fingerprint density at radius 2 is 1.81 bits per heavy atom. The van der Waals surface area contributed by atoms with Gasteiger partial charge in [0, 0.05) is 25.0 Å². The first-order chi connectivity index (χ1) is 17.7. The fraction of sp³-hybridized carbons (Fsp3) is 0.250. The molecule has 2 N–H and O–H groups in total. The van der Waals surface area contributed by atoms with Crippen LogP contribution >= 0.6 is 11.8 Å². The maximum atomic E-state index is 13.1. The Morgan fingerprint density at radius 1 is 1.14 bits per heavy atom. The number of ether oxygens (including phenoxy) is 2. The Labute approximate surface area is 214 Å². The predicted octanol–water partition coefficient (Wildman–Crippen LogP) is 1.95. The van der Waals surface area contributed by atoms with Gasteiger partial charge in [0.2, 0.25) is 0 Å². The van der Waals surface area contributed by atoms with Gasteiger partial charge >= 0.3 is 11.9 Å². The molecule has 2 atom stereocenters. The van der Waals surface area contributed by atoms with E-state index in [2.05, 4.69) is 5.32 Å². The largest absolute Gasteiger partial charge is 0.478 e. The molecule has 2 amide bonds. The molecule has 2 heterocycles. The van der Waals surface area contributed by atoms with E-state index in [1.807, 2.05) is 0 Å². The number of nitro benzene ring substituents is 1. The van der Waals surface area contributed by atoms with Crippen molar-refractivity contribution < 1.29 is 38.7 Å². The van der Waals surface area contributed by atoms with Crippen LogP contribution in [0.15, 0.2) is 59.8 Å². The van der Waals surface area contributed by atoms with Crippen molar-refractivity contribution in [3.8, 4) is 0 Å². The molecule has 1 saturated heterocycles. The number of hydrogen-bond donors (Lipinski definition) is 2. The van der Waals surface area contributed by atoms with Crippen LogP contribution in [0.1, 0.15) is 26.3 Å². The number of carbonyl (C=O) groups is 4. The number of carboxylic acid groups (broad SMARTS) is 1. The Balaban J connectivity index is 1.49. The van der Waals surface area contributed by atoms with E-state index in [0.29, 0.717) is 16.9 Å². The minimum atomic E-state index is -1.27. The van der Waals surface area contributed by atoms with Crippen molar-refractivity contribution in [2.24, 2.45) is 0 Å². The topological polar surface area (TPSA) is 165 Å². The fourth-order valence-corrected chi connectivity index (χ4v) is 5.30. The average molecular weight is 528 g/mol. The Bertz CT molecular complexity index is 1310. The minimum absolute atomic E-state index is 0.0222. The Morgan fingerprint density at radius 3 is 2.43 bits per heavy atom. The highest BCUT2D eigenvalue weighted by Gasteiger charge is 2.54. The number of amides is 2. The maximum absolute atomic E-state index is 13.1. The molecule has 37 heavy (non-hydrogen) atoms. The van der Waals surface area contributed by atoms with Crippen molar-refractivity contribution in [1.29, 1.82) is 0 Å². The van der Waals surface area contributed by atoms with E-state index in [1.165, 1.54) is 72.3 Å². The van der Waals surface area contributed by atoms with E-state index in [0.717, 1.165) is 0 Å². The summed E-state index contributed by atoms with van der Waals surface area (Å²) in [5.41, 5.74) is 0.697. The Hall–Kier alpha value is -4.23. The van der Waals surface area contributed by atoms with Gasteiger partial charge < -0.3 is 19.9 Å². The van der Waals surface area contributed by atoms with E-state index in [9.17, 15) is 34.4 Å². The second-order valence-electron chi connectivity index (χ2n) is 8.10. The number of non-ortho nitro benzene ring substituents is 1.